The molecule has 1 aliphatic rings. The van der Waals surface area contributed by atoms with Crippen LogP contribution in [0.2, 0.25) is 5.02 Å². The number of benzene rings is 3. The van der Waals surface area contributed by atoms with Gasteiger partial charge in [0.2, 0.25) is 0 Å². The number of imide groups is 1. The molecule has 6 nitrogen and oxygen atoms in total. The van der Waals surface area contributed by atoms with Gasteiger partial charge in [-0.15, -0.1) is 0 Å². The number of hydrogen-bond donors (Lipinski definition) is 2. The molecule has 8 heteroatoms. The van der Waals surface area contributed by atoms with Crippen molar-refractivity contribution in [3.8, 4) is 0 Å². The van der Waals surface area contributed by atoms with Gasteiger partial charge in [-0.1, -0.05) is 65.7 Å². The fraction of sp³-hybridized carbons (Fsp3) is 0.115. The molecule has 0 radical (unpaired) electrons. The van der Waals surface area contributed by atoms with Crippen molar-refractivity contribution in [2.75, 3.05) is 5.32 Å². The number of anilines is 1. The summed E-state index contributed by atoms with van der Waals surface area (Å²) in [5.74, 6) is -1.30. The van der Waals surface area contributed by atoms with Gasteiger partial charge in [0, 0.05) is 22.8 Å². The van der Waals surface area contributed by atoms with E-state index in [-0.39, 0.29) is 29.7 Å². The Morgan fingerprint density at radius 1 is 0.912 bits per heavy atom. The van der Waals surface area contributed by atoms with Gasteiger partial charge in [-0.25, -0.2) is 0 Å². The maximum Gasteiger partial charge on any atom is 0.278 e. The molecule has 0 aromatic heterocycles. The highest BCUT2D eigenvalue weighted by molar-refractivity contribution is 6.47. The lowest BCUT2D eigenvalue weighted by Crippen LogP contribution is -2.33. The van der Waals surface area contributed by atoms with E-state index >= 15 is 0 Å². The molecule has 0 fully saturated rings. The van der Waals surface area contributed by atoms with E-state index in [1.807, 2.05) is 31.2 Å². The van der Waals surface area contributed by atoms with Gasteiger partial charge in [0.05, 0.1) is 6.54 Å². The number of aryl methyl sites for hydroxylation is 1. The molecule has 4 rings (SSSR count). The molecule has 0 spiro atoms. The highest BCUT2D eigenvalue weighted by atomic mass is 35.5. The maximum absolute atomic E-state index is 12.8. The summed E-state index contributed by atoms with van der Waals surface area (Å²) in [5, 5.41) is 6.12. The summed E-state index contributed by atoms with van der Waals surface area (Å²) in [6, 6.07) is 21.5. The van der Waals surface area contributed by atoms with Crippen molar-refractivity contribution in [1.29, 1.82) is 0 Å². The summed E-state index contributed by atoms with van der Waals surface area (Å²) in [7, 11) is 0. The zero-order chi connectivity index (χ0) is 24.2. The third-order valence-corrected chi connectivity index (χ3v) is 6.08. The first-order valence-electron chi connectivity index (χ1n) is 10.5. The van der Waals surface area contributed by atoms with E-state index in [2.05, 4.69) is 10.6 Å². The van der Waals surface area contributed by atoms with Gasteiger partial charge in [-0.3, -0.25) is 19.3 Å². The standard InChI is InChI=1S/C26H21Cl2N3O3/c1-16-5-4-7-20(13-16)30-24(32)18-11-9-17(10-12-18)14-29-23-22(28)25(33)31(26(23)34)15-19-6-2-3-8-21(19)27/h2-13,29H,14-15H2,1H3,(H,30,32). The summed E-state index contributed by atoms with van der Waals surface area (Å²) in [5.41, 5.74) is 3.78. The Bertz CT molecular complexity index is 1300. The Labute approximate surface area is 207 Å². The molecular weight excluding hydrogens is 473 g/mol. The average molecular weight is 494 g/mol. The van der Waals surface area contributed by atoms with Crippen molar-refractivity contribution in [2.45, 2.75) is 20.0 Å². The SMILES string of the molecule is Cc1cccc(NC(=O)c2ccc(CNC3=C(Cl)C(=O)N(Cc4ccccc4Cl)C3=O)cc2)c1. The Morgan fingerprint density at radius 3 is 2.35 bits per heavy atom. The second-order valence-electron chi connectivity index (χ2n) is 7.85. The first-order valence-corrected chi connectivity index (χ1v) is 11.3. The third kappa shape index (κ3) is 5.14. The predicted octanol–water partition coefficient (Wildman–Crippen LogP) is 5.01. The summed E-state index contributed by atoms with van der Waals surface area (Å²) in [6.45, 7) is 2.24. The Balaban J connectivity index is 1.38. The second kappa shape index (κ2) is 10.1. The number of carbonyl (C=O) groups is 3. The fourth-order valence-corrected chi connectivity index (χ4v) is 3.98. The molecule has 0 bridgehead atoms. The predicted molar refractivity (Wildman–Crippen MR) is 132 cm³/mol. The normalized spacial score (nSPS) is 13.4. The topological polar surface area (TPSA) is 78.5 Å². The Morgan fingerprint density at radius 2 is 1.65 bits per heavy atom. The van der Waals surface area contributed by atoms with Crippen LogP contribution in [-0.2, 0) is 22.7 Å². The van der Waals surface area contributed by atoms with Gasteiger partial charge in [0.1, 0.15) is 10.7 Å². The lowest BCUT2D eigenvalue weighted by molar-refractivity contribution is -0.138. The van der Waals surface area contributed by atoms with E-state index in [1.54, 1.807) is 48.5 Å². The van der Waals surface area contributed by atoms with E-state index in [4.69, 9.17) is 23.2 Å². The van der Waals surface area contributed by atoms with Crippen molar-refractivity contribution in [1.82, 2.24) is 10.2 Å². The van der Waals surface area contributed by atoms with Crippen LogP contribution in [0.4, 0.5) is 5.69 Å². The van der Waals surface area contributed by atoms with Crippen LogP contribution in [0.5, 0.6) is 0 Å². The van der Waals surface area contributed by atoms with Crippen LogP contribution in [0.15, 0.2) is 83.5 Å². The molecule has 2 N–H and O–H groups in total. The average Bonchev–Trinajstić information content (AvgIpc) is 3.02. The van der Waals surface area contributed by atoms with E-state index < -0.39 is 11.8 Å². The third-order valence-electron chi connectivity index (χ3n) is 5.36. The highest BCUT2D eigenvalue weighted by Gasteiger charge is 2.37. The smallest absolute Gasteiger partial charge is 0.278 e. The minimum Gasteiger partial charge on any atom is -0.375 e. The van der Waals surface area contributed by atoms with Crippen LogP contribution in [-0.4, -0.2) is 22.6 Å². The number of halogens is 2. The van der Waals surface area contributed by atoms with Crippen LogP contribution in [0, 0.1) is 6.92 Å². The lowest BCUT2D eigenvalue weighted by Gasteiger charge is -2.16. The molecule has 1 aliphatic heterocycles. The second-order valence-corrected chi connectivity index (χ2v) is 8.64. The van der Waals surface area contributed by atoms with Gasteiger partial charge >= 0.3 is 0 Å². The Hall–Kier alpha value is -3.61. The molecule has 172 valence electrons. The van der Waals surface area contributed by atoms with Gasteiger partial charge in [-0.05, 0) is 53.9 Å². The van der Waals surface area contributed by atoms with Crippen molar-refractivity contribution in [3.63, 3.8) is 0 Å². The number of nitrogens with one attached hydrogen (secondary N) is 2. The fourth-order valence-electron chi connectivity index (χ4n) is 3.53. The monoisotopic (exact) mass is 493 g/mol. The largest absolute Gasteiger partial charge is 0.375 e. The van der Waals surface area contributed by atoms with Gasteiger partial charge in [0.25, 0.3) is 17.7 Å². The molecule has 0 saturated heterocycles. The summed E-state index contributed by atoms with van der Waals surface area (Å²) in [4.78, 5) is 38.9. The highest BCUT2D eigenvalue weighted by Crippen LogP contribution is 2.26. The van der Waals surface area contributed by atoms with Crippen molar-refractivity contribution < 1.29 is 14.4 Å². The van der Waals surface area contributed by atoms with Gasteiger partial charge in [-0.2, -0.15) is 0 Å². The van der Waals surface area contributed by atoms with Crippen molar-refractivity contribution in [3.05, 3.63) is 111 Å². The first-order chi connectivity index (χ1) is 16.3. The van der Waals surface area contributed by atoms with Crippen LogP contribution in [0.25, 0.3) is 0 Å². The van der Waals surface area contributed by atoms with E-state index in [1.165, 1.54) is 0 Å². The van der Waals surface area contributed by atoms with E-state index in [0.717, 1.165) is 21.7 Å². The first kappa shape index (κ1) is 23.5. The molecular formula is C26H21Cl2N3O3. The van der Waals surface area contributed by atoms with Crippen LogP contribution >= 0.6 is 23.2 Å². The number of rotatable bonds is 7. The molecule has 3 amide bonds. The molecule has 0 aliphatic carbocycles. The number of nitrogens with zero attached hydrogens (tertiary/aromatic N) is 1. The van der Waals surface area contributed by atoms with Crippen LogP contribution in [0.3, 0.4) is 0 Å². The summed E-state index contributed by atoms with van der Waals surface area (Å²) < 4.78 is 0. The zero-order valence-corrected chi connectivity index (χ0v) is 19.8. The maximum atomic E-state index is 12.8. The number of amides is 3. The molecule has 0 atom stereocenters. The minimum absolute atomic E-state index is 0.0312. The zero-order valence-electron chi connectivity index (χ0n) is 18.3. The number of hydrogen-bond acceptors (Lipinski definition) is 4. The lowest BCUT2D eigenvalue weighted by atomic mass is 10.1. The summed E-state index contributed by atoms with van der Waals surface area (Å²) in [6.07, 6.45) is 0. The van der Waals surface area contributed by atoms with Crippen molar-refractivity contribution in [2.24, 2.45) is 0 Å². The van der Waals surface area contributed by atoms with Crippen LogP contribution < -0.4 is 10.6 Å². The van der Waals surface area contributed by atoms with E-state index in [0.29, 0.717) is 16.1 Å². The molecule has 34 heavy (non-hydrogen) atoms. The molecule has 3 aromatic carbocycles. The van der Waals surface area contributed by atoms with Gasteiger partial charge in [0.15, 0.2) is 0 Å². The molecule has 0 unspecified atom stereocenters. The molecule has 3 aromatic rings. The van der Waals surface area contributed by atoms with Gasteiger partial charge < -0.3 is 10.6 Å². The molecule has 0 saturated carbocycles. The summed E-state index contributed by atoms with van der Waals surface area (Å²) >= 11 is 12.3. The van der Waals surface area contributed by atoms with Crippen LogP contribution in [0.1, 0.15) is 27.0 Å². The van der Waals surface area contributed by atoms with E-state index in [9.17, 15) is 14.4 Å². The quantitative estimate of drug-likeness (QED) is 0.453. The Kier molecular flexibility index (Phi) is 7.01. The minimum atomic E-state index is -0.572. The molecule has 1 heterocycles. The van der Waals surface area contributed by atoms with Crippen molar-refractivity contribution >= 4 is 46.6 Å². The number of carbonyl (C=O) groups excluding carboxylic acids is 3.